The number of alkyl carbamates (subject to hydrolysis) is 1. The Morgan fingerprint density at radius 2 is 2.15 bits per heavy atom. The van der Waals surface area contributed by atoms with Gasteiger partial charge in [-0.05, 0) is 18.2 Å². The van der Waals surface area contributed by atoms with E-state index in [1.165, 1.54) is 29.5 Å². The lowest BCUT2D eigenvalue weighted by Crippen LogP contribution is -2.49. The number of aromatic nitrogens is 3. The Labute approximate surface area is 240 Å². The normalized spacial score (nSPS) is 20.3. The fourth-order valence-electron chi connectivity index (χ4n) is 4.71. The van der Waals surface area contributed by atoms with Gasteiger partial charge in [0, 0.05) is 59.1 Å². The molecule has 0 radical (unpaired) electrons. The Morgan fingerprint density at radius 3 is 2.80 bits per heavy atom. The second-order valence-electron chi connectivity index (χ2n) is 9.45. The van der Waals surface area contributed by atoms with E-state index in [-0.39, 0.29) is 43.3 Å². The highest BCUT2D eigenvalue weighted by Gasteiger charge is 2.47. The zero-order chi connectivity index (χ0) is 29.3. The summed E-state index contributed by atoms with van der Waals surface area (Å²) in [7, 11) is 0. The molecule has 0 spiro atoms. The number of amidine groups is 1. The molecule has 2 aliphatic heterocycles. The molecule has 4 heterocycles. The molecule has 0 bridgehead atoms. The molecule has 216 valence electrons. The first kappa shape index (κ1) is 28.6. The number of nitrogens with two attached hydrogens (primary N) is 1. The molecule has 11 nitrogen and oxygen atoms in total. The van der Waals surface area contributed by atoms with E-state index in [4.69, 9.17) is 32.2 Å². The van der Waals surface area contributed by atoms with E-state index < -0.39 is 36.0 Å². The van der Waals surface area contributed by atoms with Crippen molar-refractivity contribution in [2.45, 2.75) is 31.0 Å². The van der Waals surface area contributed by atoms with Crippen LogP contribution < -0.4 is 11.1 Å². The van der Waals surface area contributed by atoms with Crippen molar-refractivity contribution in [3.05, 3.63) is 74.8 Å². The number of benzene rings is 1. The predicted molar refractivity (Wildman–Crippen MR) is 143 cm³/mol. The SMILES string of the molecule is N[C@]1(COC(=O)NCCC(=O)O)CC2=C(c3ccn(C(F)F)n3)[C@H](c3ccc(F)cc3Cl)N=C(c3nccs3)N2C1. The number of amides is 1. The monoisotopic (exact) mass is 609 g/mol. The number of rotatable bonds is 9. The van der Waals surface area contributed by atoms with Crippen LogP contribution in [0.15, 0.2) is 52.7 Å². The van der Waals surface area contributed by atoms with Gasteiger partial charge in [0.15, 0.2) is 10.8 Å². The molecule has 1 fully saturated rings. The zero-order valence-electron chi connectivity index (χ0n) is 21.1. The zero-order valence-corrected chi connectivity index (χ0v) is 22.7. The van der Waals surface area contributed by atoms with E-state index >= 15 is 0 Å². The fourth-order valence-corrected chi connectivity index (χ4v) is 5.62. The van der Waals surface area contributed by atoms with E-state index in [2.05, 4.69) is 15.4 Å². The van der Waals surface area contributed by atoms with Gasteiger partial charge in [-0.1, -0.05) is 17.7 Å². The molecule has 1 saturated heterocycles. The summed E-state index contributed by atoms with van der Waals surface area (Å²) in [5, 5.41) is 17.6. The number of carboxylic acid groups (broad SMARTS) is 1. The van der Waals surface area contributed by atoms with Crippen molar-refractivity contribution >= 4 is 46.4 Å². The summed E-state index contributed by atoms with van der Waals surface area (Å²) in [5.74, 6) is -1.21. The van der Waals surface area contributed by atoms with Crippen molar-refractivity contribution in [2.24, 2.45) is 10.7 Å². The summed E-state index contributed by atoms with van der Waals surface area (Å²) in [6.45, 7) is -3.15. The van der Waals surface area contributed by atoms with E-state index in [0.29, 0.717) is 32.4 Å². The third-order valence-electron chi connectivity index (χ3n) is 6.47. The highest BCUT2D eigenvalue weighted by atomic mass is 35.5. The van der Waals surface area contributed by atoms with Crippen molar-refractivity contribution in [1.29, 1.82) is 0 Å². The van der Waals surface area contributed by atoms with Gasteiger partial charge in [-0.25, -0.2) is 18.9 Å². The minimum Gasteiger partial charge on any atom is -0.481 e. The summed E-state index contributed by atoms with van der Waals surface area (Å²) < 4.78 is 46.8. The van der Waals surface area contributed by atoms with Gasteiger partial charge in [0.2, 0.25) is 0 Å². The molecule has 1 amide bonds. The molecule has 0 aliphatic carbocycles. The number of aliphatic carboxylic acids is 1. The number of carbonyl (C=O) groups is 2. The first-order valence-corrected chi connectivity index (χ1v) is 13.5. The van der Waals surface area contributed by atoms with Crippen molar-refractivity contribution in [1.82, 2.24) is 25.0 Å². The van der Waals surface area contributed by atoms with Crippen LogP contribution in [-0.4, -0.2) is 67.9 Å². The number of aliphatic imine (C=N–C) groups is 1. The van der Waals surface area contributed by atoms with Crippen molar-refractivity contribution in [2.75, 3.05) is 19.7 Å². The Balaban J connectivity index is 1.56. The second-order valence-corrected chi connectivity index (χ2v) is 10.8. The number of halogens is 4. The van der Waals surface area contributed by atoms with Crippen molar-refractivity contribution < 1.29 is 32.6 Å². The first-order chi connectivity index (χ1) is 19.5. The summed E-state index contributed by atoms with van der Waals surface area (Å²) in [6.07, 6.45) is 1.74. The van der Waals surface area contributed by atoms with Gasteiger partial charge in [0.25, 0.3) is 0 Å². The molecule has 5 rings (SSSR count). The standard InChI is InChI=1S/C25H23ClF3N7O4S/c26-15-9-13(27)1-2-14(15)20-19(16-4-7-36(34-16)23(28)29)17-10-25(30,12-40-24(39)32-5-3-18(37)38)11-35(17)21(33-20)22-31-6-8-41-22/h1-2,4,6-9,20,23H,3,5,10-12,30H2,(H,32,39)(H,37,38)/t20-,25+/m0/s1. The molecule has 16 heteroatoms. The lowest BCUT2D eigenvalue weighted by atomic mass is 9.90. The summed E-state index contributed by atoms with van der Waals surface area (Å²) >= 11 is 7.77. The number of thiazole rings is 1. The molecular weight excluding hydrogens is 587 g/mol. The maximum absolute atomic E-state index is 14.0. The van der Waals surface area contributed by atoms with Crippen LogP contribution in [0.1, 0.15) is 41.7 Å². The molecule has 2 aliphatic rings. The van der Waals surface area contributed by atoms with E-state index in [1.807, 2.05) is 0 Å². The fraction of sp³-hybridized carbons (Fsp3) is 0.320. The van der Waals surface area contributed by atoms with Crippen LogP contribution in [0.3, 0.4) is 0 Å². The molecule has 0 saturated carbocycles. The maximum Gasteiger partial charge on any atom is 0.407 e. The molecule has 0 unspecified atom stereocenters. The Bertz CT molecular complexity index is 1530. The molecule has 2 aromatic heterocycles. The smallest absolute Gasteiger partial charge is 0.407 e. The minimum atomic E-state index is -2.89. The highest BCUT2D eigenvalue weighted by molar-refractivity contribution is 7.11. The van der Waals surface area contributed by atoms with Gasteiger partial charge >= 0.3 is 18.6 Å². The van der Waals surface area contributed by atoms with E-state index in [1.54, 1.807) is 16.5 Å². The van der Waals surface area contributed by atoms with Gasteiger partial charge in [-0.3, -0.25) is 9.79 Å². The molecule has 1 aromatic carbocycles. The number of ether oxygens (including phenoxy) is 1. The number of nitrogens with one attached hydrogen (secondary N) is 1. The Morgan fingerprint density at radius 1 is 1.34 bits per heavy atom. The minimum absolute atomic E-state index is 0.0791. The largest absolute Gasteiger partial charge is 0.481 e. The van der Waals surface area contributed by atoms with Crippen LogP contribution in [0.2, 0.25) is 5.02 Å². The second kappa shape index (κ2) is 11.5. The molecule has 3 aromatic rings. The summed E-state index contributed by atoms with van der Waals surface area (Å²) in [4.78, 5) is 34.0. The van der Waals surface area contributed by atoms with Crippen LogP contribution in [-0.2, 0) is 9.53 Å². The number of carbonyl (C=O) groups excluding carboxylic acids is 1. The number of alkyl halides is 2. The Hall–Kier alpha value is -3.95. The Kier molecular flexibility index (Phi) is 8.02. The third kappa shape index (κ3) is 6.06. The lowest BCUT2D eigenvalue weighted by molar-refractivity contribution is -0.136. The molecular formula is C25H23ClF3N7O4S. The van der Waals surface area contributed by atoms with Crippen molar-refractivity contribution in [3.63, 3.8) is 0 Å². The van der Waals surface area contributed by atoms with Crippen molar-refractivity contribution in [3.8, 4) is 0 Å². The third-order valence-corrected chi connectivity index (χ3v) is 7.57. The molecule has 2 atom stereocenters. The van der Waals surface area contributed by atoms with Crippen LogP contribution in [0.4, 0.5) is 18.0 Å². The van der Waals surface area contributed by atoms with Crippen LogP contribution in [0.5, 0.6) is 0 Å². The topological polar surface area (TPSA) is 148 Å². The van der Waals surface area contributed by atoms with E-state index in [0.717, 1.165) is 12.3 Å². The number of hydrogen-bond donors (Lipinski definition) is 3. The van der Waals surface area contributed by atoms with Gasteiger partial charge in [0.05, 0.1) is 17.7 Å². The number of fused-ring (bicyclic) bond motifs is 1. The van der Waals surface area contributed by atoms with E-state index in [9.17, 15) is 22.8 Å². The molecule has 4 N–H and O–H groups in total. The maximum atomic E-state index is 14.0. The van der Waals surface area contributed by atoms with Gasteiger partial charge in [0.1, 0.15) is 18.5 Å². The van der Waals surface area contributed by atoms with Crippen LogP contribution >= 0.6 is 22.9 Å². The summed E-state index contributed by atoms with van der Waals surface area (Å²) in [5.41, 5.74) is 7.17. The first-order valence-electron chi connectivity index (χ1n) is 12.2. The average Bonchev–Trinajstić information content (AvgIpc) is 3.67. The number of carboxylic acids is 1. The van der Waals surface area contributed by atoms with Crippen LogP contribution in [0, 0.1) is 5.82 Å². The highest BCUT2D eigenvalue weighted by Crippen LogP contribution is 2.47. The summed E-state index contributed by atoms with van der Waals surface area (Å²) in [6, 6.07) is 4.38. The quantitative estimate of drug-likeness (QED) is 0.329. The average molecular weight is 610 g/mol. The lowest BCUT2D eigenvalue weighted by Gasteiger charge is -2.32. The van der Waals surface area contributed by atoms with Gasteiger partial charge in [-0.2, -0.15) is 13.9 Å². The number of nitrogens with zero attached hydrogens (tertiary/aromatic N) is 5. The molecule has 41 heavy (non-hydrogen) atoms. The van der Waals surface area contributed by atoms with Gasteiger partial charge < -0.3 is 25.8 Å². The van der Waals surface area contributed by atoms with Gasteiger partial charge in [-0.15, -0.1) is 11.3 Å². The predicted octanol–water partition coefficient (Wildman–Crippen LogP) is 4.04. The number of hydrogen-bond acceptors (Lipinski definition) is 9. The van der Waals surface area contributed by atoms with Crippen LogP contribution in [0.25, 0.3) is 5.57 Å².